The van der Waals surface area contributed by atoms with Crippen LogP contribution in [0.4, 0.5) is 0 Å². The lowest BCUT2D eigenvalue weighted by molar-refractivity contribution is 0.165. The van der Waals surface area contributed by atoms with Crippen LogP contribution in [0.1, 0.15) is 40.5 Å². The van der Waals surface area contributed by atoms with Crippen LogP contribution in [-0.4, -0.2) is 11.7 Å². The van der Waals surface area contributed by atoms with Crippen molar-refractivity contribution in [2.24, 2.45) is 23.2 Å². The highest BCUT2D eigenvalue weighted by Gasteiger charge is 2.41. The fraction of sp³-hybridized carbons (Fsp3) is 0.846. The molecule has 1 aliphatic carbocycles. The summed E-state index contributed by atoms with van der Waals surface area (Å²) in [5.74, 6) is 2.21. The van der Waals surface area contributed by atoms with Gasteiger partial charge >= 0.3 is 0 Å². The lowest BCUT2D eigenvalue weighted by atomic mass is 9.71. The Morgan fingerprint density at radius 1 is 1.43 bits per heavy atom. The first-order chi connectivity index (χ1) is 6.50. The van der Waals surface area contributed by atoms with Gasteiger partial charge in [-0.3, -0.25) is 0 Å². The summed E-state index contributed by atoms with van der Waals surface area (Å²) < 4.78 is 0. The van der Waals surface area contributed by atoms with E-state index in [4.69, 9.17) is 5.11 Å². The van der Waals surface area contributed by atoms with Crippen LogP contribution in [-0.2, 0) is 0 Å². The second kappa shape index (κ2) is 4.48. The Kier molecular flexibility index (Phi) is 3.77. The van der Waals surface area contributed by atoms with Gasteiger partial charge in [0.05, 0.1) is 6.61 Å². The van der Waals surface area contributed by atoms with Crippen LogP contribution >= 0.6 is 0 Å². The van der Waals surface area contributed by atoms with E-state index in [0.29, 0.717) is 11.3 Å². The normalized spacial score (nSPS) is 33.8. The lowest BCUT2D eigenvalue weighted by Gasteiger charge is -2.34. The van der Waals surface area contributed by atoms with Crippen LogP contribution in [0.5, 0.6) is 0 Å². The summed E-state index contributed by atoms with van der Waals surface area (Å²) in [6, 6.07) is 0. The summed E-state index contributed by atoms with van der Waals surface area (Å²) in [5.41, 5.74) is 0.458. The van der Waals surface area contributed by atoms with Crippen molar-refractivity contribution in [3.05, 3.63) is 12.2 Å². The molecule has 0 amide bonds. The maximum absolute atomic E-state index is 8.75. The van der Waals surface area contributed by atoms with E-state index < -0.39 is 0 Å². The largest absolute Gasteiger partial charge is 0.392 e. The molecule has 82 valence electrons. The first-order valence-corrected chi connectivity index (χ1v) is 5.77. The molecule has 1 N–H and O–H groups in total. The van der Waals surface area contributed by atoms with Crippen LogP contribution in [0.2, 0.25) is 0 Å². The molecule has 3 atom stereocenters. The SMILES string of the molecule is CC(C=CCO)C1CCC(C)C1(C)C. The zero-order chi connectivity index (χ0) is 10.8. The Morgan fingerprint density at radius 3 is 2.50 bits per heavy atom. The maximum Gasteiger partial charge on any atom is 0.0612 e. The smallest absolute Gasteiger partial charge is 0.0612 e. The highest BCUT2D eigenvalue weighted by Crippen LogP contribution is 2.50. The van der Waals surface area contributed by atoms with Gasteiger partial charge in [0, 0.05) is 0 Å². The van der Waals surface area contributed by atoms with Crippen LogP contribution in [0.15, 0.2) is 12.2 Å². The molecular weight excluding hydrogens is 172 g/mol. The van der Waals surface area contributed by atoms with E-state index in [9.17, 15) is 0 Å². The van der Waals surface area contributed by atoms with Gasteiger partial charge in [-0.05, 0) is 36.0 Å². The molecule has 0 spiro atoms. The number of rotatable bonds is 3. The summed E-state index contributed by atoms with van der Waals surface area (Å²) >= 11 is 0. The first kappa shape index (κ1) is 11.8. The molecular formula is C13H24O. The van der Waals surface area contributed by atoms with Crippen molar-refractivity contribution in [1.82, 2.24) is 0 Å². The van der Waals surface area contributed by atoms with Crippen molar-refractivity contribution in [3.63, 3.8) is 0 Å². The Hall–Kier alpha value is -0.300. The second-order valence-electron chi connectivity index (χ2n) is 5.38. The van der Waals surface area contributed by atoms with E-state index in [1.54, 1.807) is 0 Å². The molecule has 0 bridgehead atoms. The molecule has 1 nitrogen and oxygen atoms in total. The van der Waals surface area contributed by atoms with Crippen molar-refractivity contribution in [2.75, 3.05) is 6.61 Å². The quantitative estimate of drug-likeness (QED) is 0.687. The molecule has 0 heterocycles. The summed E-state index contributed by atoms with van der Waals surface area (Å²) in [7, 11) is 0. The van der Waals surface area contributed by atoms with Gasteiger partial charge in [0.1, 0.15) is 0 Å². The Balaban J connectivity index is 2.65. The van der Waals surface area contributed by atoms with E-state index in [-0.39, 0.29) is 6.61 Å². The van der Waals surface area contributed by atoms with E-state index in [0.717, 1.165) is 11.8 Å². The Bertz CT molecular complexity index is 205. The molecule has 14 heavy (non-hydrogen) atoms. The maximum atomic E-state index is 8.75. The molecule has 1 heteroatoms. The van der Waals surface area contributed by atoms with Gasteiger partial charge in [0.25, 0.3) is 0 Å². The second-order valence-corrected chi connectivity index (χ2v) is 5.38. The van der Waals surface area contributed by atoms with Crippen molar-refractivity contribution in [3.8, 4) is 0 Å². The Morgan fingerprint density at radius 2 is 2.07 bits per heavy atom. The molecule has 0 aromatic carbocycles. The van der Waals surface area contributed by atoms with Crippen molar-refractivity contribution < 1.29 is 5.11 Å². The first-order valence-electron chi connectivity index (χ1n) is 5.77. The molecule has 1 rings (SSSR count). The van der Waals surface area contributed by atoms with Gasteiger partial charge in [0.2, 0.25) is 0 Å². The van der Waals surface area contributed by atoms with E-state index in [1.165, 1.54) is 12.8 Å². The van der Waals surface area contributed by atoms with E-state index >= 15 is 0 Å². The third-order valence-electron chi connectivity index (χ3n) is 4.32. The minimum atomic E-state index is 0.174. The molecule has 1 aliphatic rings. The average molecular weight is 196 g/mol. The molecule has 0 radical (unpaired) electrons. The zero-order valence-electron chi connectivity index (χ0n) is 9.96. The third kappa shape index (κ3) is 2.20. The predicted octanol–water partition coefficient (Wildman–Crippen LogP) is 3.24. The summed E-state index contributed by atoms with van der Waals surface area (Å²) in [4.78, 5) is 0. The monoisotopic (exact) mass is 196 g/mol. The van der Waals surface area contributed by atoms with Crippen LogP contribution in [0.3, 0.4) is 0 Å². The molecule has 0 aromatic heterocycles. The summed E-state index contributed by atoms with van der Waals surface area (Å²) in [6.07, 6.45) is 6.74. The number of allylic oxidation sites excluding steroid dienone is 1. The summed E-state index contributed by atoms with van der Waals surface area (Å²) in [5, 5.41) is 8.75. The van der Waals surface area contributed by atoms with Gasteiger partial charge in [-0.2, -0.15) is 0 Å². The van der Waals surface area contributed by atoms with E-state index in [2.05, 4.69) is 33.8 Å². The van der Waals surface area contributed by atoms with Gasteiger partial charge in [-0.25, -0.2) is 0 Å². The standard InChI is InChI=1S/C13H24O/c1-10(6-5-9-14)12-8-7-11(2)13(12,3)4/h5-6,10-12,14H,7-9H2,1-4H3. The number of aliphatic hydroxyl groups excluding tert-OH is 1. The zero-order valence-corrected chi connectivity index (χ0v) is 9.96. The topological polar surface area (TPSA) is 20.2 Å². The van der Waals surface area contributed by atoms with Crippen molar-refractivity contribution >= 4 is 0 Å². The molecule has 1 fully saturated rings. The predicted molar refractivity (Wildman–Crippen MR) is 61.1 cm³/mol. The molecule has 1 saturated carbocycles. The minimum Gasteiger partial charge on any atom is -0.392 e. The van der Waals surface area contributed by atoms with Crippen LogP contribution in [0, 0.1) is 23.2 Å². The highest BCUT2D eigenvalue weighted by molar-refractivity contribution is 4.98. The summed E-state index contributed by atoms with van der Waals surface area (Å²) in [6.45, 7) is 9.59. The Labute approximate surface area is 88.2 Å². The average Bonchev–Trinajstić information content (AvgIpc) is 2.38. The van der Waals surface area contributed by atoms with Crippen molar-refractivity contribution in [1.29, 1.82) is 0 Å². The van der Waals surface area contributed by atoms with Crippen LogP contribution in [0.25, 0.3) is 0 Å². The lowest BCUT2D eigenvalue weighted by Crippen LogP contribution is -2.27. The number of aliphatic hydroxyl groups is 1. The van der Waals surface area contributed by atoms with Gasteiger partial charge in [-0.15, -0.1) is 0 Å². The van der Waals surface area contributed by atoms with E-state index in [1.807, 2.05) is 6.08 Å². The molecule has 3 unspecified atom stereocenters. The third-order valence-corrected chi connectivity index (χ3v) is 4.32. The molecule has 0 aliphatic heterocycles. The number of hydrogen-bond donors (Lipinski definition) is 1. The van der Waals surface area contributed by atoms with Crippen molar-refractivity contribution in [2.45, 2.75) is 40.5 Å². The highest BCUT2D eigenvalue weighted by atomic mass is 16.2. The number of hydrogen-bond acceptors (Lipinski definition) is 1. The molecule has 0 saturated heterocycles. The van der Waals surface area contributed by atoms with Gasteiger partial charge < -0.3 is 5.11 Å². The fourth-order valence-corrected chi connectivity index (χ4v) is 2.89. The van der Waals surface area contributed by atoms with Gasteiger partial charge in [-0.1, -0.05) is 39.8 Å². The molecule has 0 aromatic rings. The van der Waals surface area contributed by atoms with Crippen LogP contribution < -0.4 is 0 Å². The van der Waals surface area contributed by atoms with Gasteiger partial charge in [0.15, 0.2) is 0 Å². The fourth-order valence-electron chi connectivity index (χ4n) is 2.89. The minimum absolute atomic E-state index is 0.174.